The highest BCUT2D eigenvalue weighted by atomic mass is 19.2. The molecule has 0 heterocycles. The molecular formula is C8H6F3NO. The molecule has 1 aromatic rings. The van der Waals surface area contributed by atoms with Crippen LogP contribution in [0.25, 0.3) is 0 Å². The number of amides is 1. The van der Waals surface area contributed by atoms with Crippen LogP contribution in [0.2, 0.25) is 0 Å². The topological polar surface area (TPSA) is 43.1 Å². The molecule has 70 valence electrons. The zero-order valence-corrected chi connectivity index (χ0v) is 6.70. The van der Waals surface area contributed by atoms with Crippen molar-refractivity contribution in [3.63, 3.8) is 0 Å². The molecule has 0 spiro atoms. The number of benzene rings is 1. The number of hydrogen-bond acceptors (Lipinski definition) is 1. The highest BCUT2D eigenvalue weighted by Gasteiger charge is 2.17. The van der Waals surface area contributed by atoms with Gasteiger partial charge in [-0.15, -0.1) is 0 Å². The first kappa shape index (κ1) is 9.57. The van der Waals surface area contributed by atoms with E-state index in [2.05, 4.69) is 0 Å². The second-order valence-corrected chi connectivity index (χ2v) is 2.52. The molecule has 2 nitrogen and oxygen atoms in total. The second-order valence-electron chi connectivity index (χ2n) is 2.52. The molecule has 0 saturated carbocycles. The number of hydrogen-bond donors (Lipinski definition) is 1. The molecule has 0 fully saturated rings. The van der Waals surface area contributed by atoms with Crippen molar-refractivity contribution in [2.45, 2.75) is 6.92 Å². The van der Waals surface area contributed by atoms with Crippen molar-refractivity contribution in [3.8, 4) is 0 Å². The smallest absolute Gasteiger partial charge is 0.249 e. The van der Waals surface area contributed by atoms with E-state index in [1.165, 1.54) is 0 Å². The van der Waals surface area contributed by atoms with E-state index in [9.17, 15) is 18.0 Å². The third-order valence-electron chi connectivity index (χ3n) is 1.67. The van der Waals surface area contributed by atoms with Crippen molar-refractivity contribution >= 4 is 5.91 Å². The summed E-state index contributed by atoms with van der Waals surface area (Å²) in [7, 11) is 0. The first-order chi connectivity index (χ1) is 5.95. The van der Waals surface area contributed by atoms with Crippen LogP contribution in [-0.4, -0.2) is 5.91 Å². The normalized spacial score (nSPS) is 10.2. The summed E-state index contributed by atoms with van der Waals surface area (Å²) in [6, 6.07) is 0.579. The fourth-order valence-electron chi connectivity index (χ4n) is 0.942. The lowest BCUT2D eigenvalue weighted by atomic mass is 10.1. The van der Waals surface area contributed by atoms with Crippen LogP contribution >= 0.6 is 0 Å². The number of carbonyl (C=O) groups is 1. The number of carbonyl (C=O) groups excluding carboxylic acids is 1. The molecule has 0 aromatic heterocycles. The number of nitrogens with two attached hydrogens (primary N) is 1. The molecule has 1 amide bonds. The minimum atomic E-state index is -1.59. The molecule has 2 N–H and O–H groups in total. The average Bonchev–Trinajstić information content (AvgIpc) is 2.07. The van der Waals surface area contributed by atoms with Gasteiger partial charge in [0, 0.05) is 11.1 Å². The Bertz CT molecular complexity index is 376. The van der Waals surface area contributed by atoms with Crippen LogP contribution in [0.4, 0.5) is 13.2 Å². The Morgan fingerprint density at radius 1 is 1.31 bits per heavy atom. The largest absolute Gasteiger partial charge is 0.366 e. The van der Waals surface area contributed by atoms with Crippen molar-refractivity contribution < 1.29 is 18.0 Å². The molecule has 5 heteroatoms. The third kappa shape index (κ3) is 1.49. The lowest BCUT2D eigenvalue weighted by Crippen LogP contribution is -2.15. The maximum atomic E-state index is 12.8. The van der Waals surface area contributed by atoms with Crippen molar-refractivity contribution in [1.29, 1.82) is 0 Å². The van der Waals surface area contributed by atoms with Crippen molar-refractivity contribution in [3.05, 3.63) is 34.6 Å². The van der Waals surface area contributed by atoms with Gasteiger partial charge in [0.2, 0.25) is 5.91 Å². The molecule has 0 aliphatic carbocycles. The summed E-state index contributed by atoms with van der Waals surface area (Å²) in [6.45, 7) is 1.15. The SMILES string of the molecule is Cc1c(C(N)=O)cc(F)c(F)c1F. The zero-order valence-electron chi connectivity index (χ0n) is 6.70. The molecule has 0 atom stereocenters. The summed E-state index contributed by atoms with van der Waals surface area (Å²) in [5.74, 6) is -5.39. The molecule has 1 aromatic carbocycles. The van der Waals surface area contributed by atoms with E-state index in [1.807, 2.05) is 0 Å². The quantitative estimate of drug-likeness (QED) is 0.668. The number of primary amides is 1. The van der Waals surface area contributed by atoms with Crippen molar-refractivity contribution in [1.82, 2.24) is 0 Å². The highest BCUT2D eigenvalue weighted by Crippen LogP contribution is 2.18. The molecule has 0 aliphatic heterocycles. The predicted molar refractivity (Wildman–Crippen MR) is 39.6 cm³/mol. The van der Waals surface area contributed by atoms with Crippen molar-refractivity contribution in [2.24, 2.45) is 5.73 Å². The summed E-state index contributed by atoms with van der Waals surface area (Å²) < 4.78 is 37.9. The van der Waals surface area contributed by atoms with E-state index in [-0.39, 0.29) is 11.1 Å². The van der Waals surface area contributed by atoms with Crippen LogP contribution in [0, 0.1) is 24.4 Å². The van der Waals surface area contributed by atoms with E-state index in [1.54, 1.807) is 0 Å². The number of rotatable bonds is 1. The molecule has 0 saturated heterocycles. The maximum absolute atomic E-state index is 12.8. The Labute approximate surface area is 72.2 Å². The first-order valence-electron chi connectivity index (χ1n) is 3.39. The monoisotopic (exact) mass is 189 g/mol. The Morgan fingerprint density at radius 2 is 1.85 bits per heavy atom. The molecule has 13 heavy (non-hydrogen) atoms. The minimum Gasteiger partial charge on any atom is -0.366 e. The summed E-state index contributed by atoms with van der Waals surface area (Å²) in [6.07, 6.45) is 0. The van der Waals surface area contributed by atoms with E-state index in [4.69, 9.17) is 5.73 Å². The summed E-state index contributed by atoms with van der Waals surface area (Å²) in [4.78, 5) is 10.6. The van der Waals surface area contributed by atoms with E-state index in [0.29, 0.717) is 6.07 Å². The van der Waals surface area contributed by atoms with Crippen molar-refractivity contribution in [2.75, 3.05) is 0 Å². The van der Waals surface area contributed by atoms with Crippen LogP contribution in [0.15, 0.2) is 6.07 Å². The predicted octanol–water partition coefficient (Wildman–Crippen LogP) is 1.51. The van der Waals surface area contributed by atoms with Gasteiger partial charge in [-0.2, -0.15) is 0 Å². The molecule has 0 unspecified atom stereocenters. The van der Waals surface area contributed by atoms with Crippen LogP contribution in [0.1, 0.15) is 15.9 Å². The van der Waals surface area contributed by atoms with Gasteiger partial charge >= 0.3 is 0 Å². The van der Waals surface area contributed by atoms with E-state index < -0.39 is 23.4 Å². The van der Waals surface area contributed by atoms with Gasteiger partial charge in [0.05, 0.1) is 0 Å². The number of halogens is 3. The first-order valence-corrected chi connectivity index (χ1v) is 3.39. The second kappa shape index (κ2) is 3.08. The molecule has 0 aliphatic rings. The summed E-state index contributed by atoms with van der Waals surface area (Å²) in [5.41, 5.74) is 4.17. The van der Waals surface area contributed by atoms with Gasteiger partial charge in [0.15, 0.2) is 17.5 Å². The van der Waals surface area contributed by atoms with Crippen LogP contribution in [-0.2, 0) is 0 Å². The van der Waals surface area contributed by atoms with Crippen LogP contribution in [0.3, 0.4) is 0 Å². The van der Waals surface area contributed by atoms with Gasteiger partial charge in [0.25, 0.3) is 0 Å². The Hall–Kier alpha value is -1.52. The van der Waals surface area contributed by atoms with Gasteiger partial charge in [-0.25, -0.2) is 13.2 Å². The zero-order chi connectivity index (χ0) is 10.2. The lowest BCUT2D eigenvalue weighted by molar-refractivity contribution is 0.0998. The molecule has 0 radical (unpaired) electrons. The minimum absolute atomic E-state index is 0.286. The maximum Gasteiger partial charge on any atom is 0.249 e. The molecule has 1 rings (SSSR count). The van der Waals surface area contributed by atoms with E-state index in [0.717, 1.165) is 6.92 Å². The van der Waals surface area contributed by atoms with Gasteiger partial charge in [-0.3, -0.25) is 4.79 Å². The van der Waals surface area contributed by atoms with Gasteiger partial charge < -0.3 is 5.73 Å². The van der Waals surface area contributed by atoms with Gasteiger partial charge in [-0.05, 0) is 13.0 Å². The Balaban J connectivity index is 3.50. The average molecular weight is 189 g/mol. The van der Waals surface area contributed by atoms with E-state index >= 15 is 0 Å². The standard InChI is InChI=1S/C8H6F3NO/c1-3-4(8(12)13)2-5(9)7(11)6(3)10/h2H,1H3,(H2,12,13). The van der Waals surface area contributed by atoms with Gasteiger partial charge in [0.1, 0.15) is 0 Å². The summed E-state index contributed by atoms with van der Waals surface area (Å²) >= 11 is 0. The fraction of sp³-hybridized carbons (Fsp3) is 0.125. The van der Waals surface area contributed by atoms with Gasteiger partial charge in [-0.1, -0.05) is 0 Å². The summed E-state index contributed by atoms with van der Waals surface area (Å²) in [5, 5.41) is 0. The molecule has 0 bridgehead atoms. The Morgan fingerprint density at radius 3 is 2.31 bits per heavy atom. The highest BCUT2D eigenvalue weighted by molar-refractivity contribution is 5.94. The Kier molecular flexibility index (Phi) is 2.27. The van der Waals surface area contributed by atoms with Crippen LogP contribution < -0.4 is 5.73 Å². The molecular weight excluding hydrogens is 183 g/mol. The third-order valence-corrected chi connectivity index (χ3v) is 1.67. The lowest BCUT2D eigenvalue weighted by Gasteiger charge is -2.04. The van der Waals surface area contributed by atoms with Crippen LogP contribution in [0.5, 0.6) is 0 Å². The fourth-order valence-corrected chi connectivity index (χ4v) is 0.942.